The van der Waals surface area contributed by atoms with Gasteiger partial charge in [0.25, 0.3) is 0 Å². The van der Waals surface area contributed by atoms with Crippen LogP contribution in [0.1, 0.15) is 21.5 Å². The molecule has 0 bridgehead atoms. The van der Waals surface area contributed by atoms with Gasteiger partial charge in [-0.1, -0.05) is 22.0 Å². The van der Waals surface area contributed by atoms with Crippen LogP contribution < -0.4 is 4.74 Å². The Hall–Kier alpha value is -1.20. The van der Waals surface area contributed by atoms with Crippen molar-refractivity contribution >= 4 is 37.6 Å². The van der Waals surface area contributed by atoms with Gasteiger partial charge in [-0.25, -0.2) is 4.39 Å². The molecule has 0 N–H and O–H groups in total. The predicted octanol–water partition coefficient (Wildman–Crippen LogP) is 4.71. The van der Waals surface area contributed by atoms with Crippen molar-refractivity contribution in [3.8, 4) is 5.75 Å². The molecule has 1 aliphatic rings. The summed E-state index contributed by atoms with van der Waals surface area (Å²) in [5.74, 6) is 0.234. The molecule has 5 heteroatoms. The van der Waals surface area contributed by atoms with Crippen LogP contribution in [-0.4, -0.2) is 12.4 Å². The number of rotatable bonds is 3. The Bertz CT molecular complexity index is 728. The minimum atomic E-state index is -0.434. The maximum Gasteiger partial charge on any atom is 0.167 e. The number of hydrogen-bond donors (Lipinski definition) is 0. The molecule has 0 aliphatic carbocycles. The lowest BCUT2D eigenvalue weighted by molar-refractivity contribution is 0.0991. The lowest BCUT2D eigenvalue weighted by Crippen LogP contribution is -2.05. The molecule has 0 spiro atoms. The van der Waals surface area contributed by atoms with Crippen LogP contribution in [0.4, 0.5) is 4.39 Å². The van der Waals surface area contributed by atoms with E-state index in [0.717, 1.165) is 27.8 Å². The molecule has 21 heavy (non-hydrogen) atoms. The topological polar surface area (TPSA) is 26.3 Å². The summed E-state index contributed by atoms with van der Waals surface area (Å²) >= 11 is 6.53. The van der Waals surface area contributed by atoms with Crippen molar-refractivity contribution in [1.82, 2.24) is 0 Å². The van der Waals surface area contributed by atoms with E-state index in [1.807, 2.05) is 12.1 Å². The molecule has 0 atom stereocenters. The highest BCUT2D eigenvalue weighted by Crippen LogP contribution is 2.33. The number of halogens is 3. The zero-order chi connectivity index (χ0) is 15.0. The highest BCUT2D eigenvalue weighted by molar-refractivity contribution is 9.10. The Balaban J connectivity index is 1.90. The summed E-state index contributed by atoms with van der Waals surface area (Å²) in [6, 6.07) is 8.32. The van der Waals surface area contributed by atoms with Crippen LogP contribution >= 0.6 is 31.9 Å². The second kappa shape index (κ2) is 5.89. The number of ether oxygens (including phenoxy) is 1. The number of Topliss-reactive ketones (excluding diaryl/α,β-unsaturated/α-hetero) is 1. The summed E-state index contributed by atoms with van der Waals surface area (Å²) in [6.07, 6.45) is 1.05. The highest BCUT2D eigenvalue weighted by Gasteiger charge is 2.20. The van der Waals surface area contributed by atoms with E-state index < -0.39 is 5.82 Å². The average Bonchev–Trinajstić information content (AvgIpc) is 2.90. The Morgan fingerprint density at radius 1 is 1.24 bits per heavy atom. The van der Waals surface area contributed by atoms with Crippen molar-refractivity contribution in [3.63, 3.8) is 0 Å². The third-order valence-electron chi connectivity index (χ3n) is 3.42. The maximum atomic E-state index is 13.5. The minimum absolute atomic E-state index is 0.128. The highest BCUT2D eigenvalue weighted by atomic mass is 79.9. The van der Waals surface area contributed by atoms with Gasteiger partial charge in [0.2, 0.25) is 0 Å². The van der Waals surface area contributed by atoms with Crippen molar-refractivity contribution in [2.24, 2.45) is 0 Å². The molecule has 1 aliphatic heterocycles. The maximum absolute atomic E-state index is 13.5. The van der Waals surface area contributed by atoms with Crippen LogP contribution in [0.3, 0.4) is 0 Å². The third-order valence-corrected chi connectivity index (χ3v) is 4.52. The zero-order valence-corrected chi connectivity index (χ0v) is 14.1. The molecule has 108 valence electrons. The molecule has 0 radical (unpaired) electrons. The van der Waals surface area contributed by atoms with E-state index in [4.69, 9.17) is 4.74 Å². The molecule has 2 nitrogen and oxygen atoms in total. The van der Waals surface area contributed by atoms with Crippen molar-refractivity contribution < 1.29 is 13.9 Å². The smallest absolute Gasteiger partial charge is 0.167 e. The molecule has 2 aromatic rings. The number of carbonyl (C=O) groups is 1. The molecular weight excluding hydrogens is 403 g/mol. The Morgan fingerprint density at radius 3 is 2.81 bits per heavy atom. The van der Waals surface area contributed by atoms with E-state index in [2.05, 4.69) is 31.9 Å². The standard InChI is InChI=1S/C16H11Br2FO2/c17-12-5-10-3-4-21-16(10)11(6-12)8-15(20)9-1-2-13(18)14(19)7-9/h1-2,5-7H,3-4,8H2. The van der Waals surface area contributed by atoms with Gasteiger partial charge in [-0.05, 0) is 45.8 Å². The monoisotopic (exact) mass is 412 g/mol. The lowest BCUT2D eigenvalue weighted by atomic mass is 10.00. The molecule has 3 rings (SSSR count). The number of benzene rings is 2. The zero-order valence-electron chi connectivity index (χ0n) is 11.0. The van der Waals surface area contributed by atoms with E-state index in [0.29, 0.717) is 16.6 Å². The molecule has 0 aromatic heterocycles. The molecule has 0 fully saturated rings. The number of carbonyl (C=O) groups excluding carboxylic acids is 1. The second-order valence-electron chi connectivity index (χ2n) is 4.88. The number of hydrogen-bond acceptors (Lipinski definition) is 2. The lowest BCUT2D eigenvalue weighted by Gasteiger charge is -2.09. The molecule has 0 saturated carbocycles. The van der Waals surface area contributed by atoms with Gasteiger partial charge in [0.15, 0.2) is 5.78 Å². The van der Waals surface area contributed by atoms with Crippen LogP contribution in [0.2, 0.25) is 0 Å². The first kappa shape index (κ1) is 14.7. The Morgan fingerprint density at radius 2 is 2.05 bits per heavy atom. The molecule has 0 amide bonds. The van der Waals surface area contributed by atoms with Gasteiger partial charge in [0.05, 0.1) is 11.1 Å². The Labute approximate surface area is 138 Å². The first-order chi connectivity index (χ1) is 10.0. The summed E-state index contributed by atoms with van der Waals surface area (Å²) in [7, 11) is 0. The van der Waals surface area contributed by atoms with Crippen LogP contribution in [0, 0.1) is 5.82 Å². The predicted molar refractivity (Wildman–Crippen MR) is 85.5 cm³/mol. The fourth-order valence-corrected chi connectivity index (χ4v) is 3.22. The van der Waals surface area contributed by atoms with E-state index in [1.165, 1.54) is 6.07 Å². The number of ketones is 1. The van der Waals surface area contributed by atoms with Crippen molar-refractivity contribution in [1.29, 1.82) is 0 Å². The molecule has 0 unspecified atom stereocenters. The average molecular weight is 414 g/mol. The van der Waals surface area contributed by atoms with E-state index >= 15 is 0 Å². The summed E-state index contributed by atoms with van der Waals surface area (Å²) in [5.41, 5.74) is 2.31. The van der Waals surface area contributed by atoms with Crippen LogP contribution in [0.25, 0.3) is 0 Å². The first-order valence-corrected chi connectivity index (χ1v) is 8.05. The molecule has 0 saturated heterocycles. The van der Waals surface area contributed by atoms with Crippen molar-refractivity contribution in [2.75, 3.05) is 6.61 Å². The van der Waals surface area contributed by atoms with Crippen molar-refractivity contribution in [2.45, 2.75) is 12.8 Å². The van der Waals surface area contributed by atoms with Gasteiger partial charge in [-0.3, -0.25) is 4.79 Å². The van der Waals surface area contributed by atoms with Gasteiger partial charge < -0.3 is 4.74 Å². The van der Waals surface area contributed by atoms with Crippen LogP contribution in [0.5, 0.6) is 5.75 Å². The van der Waals surface area contributed by atoms with Gasteiger partial charge in [-0.2, -0.15) is 0 Å². The third kappa shape index (κ3) is 3.04. The summed E-state index contributed by atoms with van der Waals surface area (Å²) in [5, 5.41) is 0. The molecule has 1 heterocycles. The Kier molecular flexibility index (Phi) is 4.13. The molecule has 2 aromatic carbocycles. The van der Waals surface area contributed by atoms with Gasteiger partial charge in [0, 0.05) is 28.4 Å². The van der Waals surface area contributed by atoms with Crippen LogP contribution in [-0.2, 0) is 12.8 Å². The summed E-state index contributed by atoms with van der Waals surface area (Å²) in [6.45, 7) is 0.639. The SMILES string of the molecule is O=C(Cc1cc(Br)cc2c1OCC2)c1ccc(Br)c(F)c1. The van der Waals surface area contributed by atoms with E-state index in [-0.39, 0.29) is 12.2 Å². The fourth-order valence-electron chi connectivity index (χ4n) is 2.42. The van der Waals surface area contributed by atoms with Gasteiger partial charge in [-0.15, -0.1) is 0 Å². The quantitative estimate of drug-likeness (QED) is 0.681. The molecular formula is C16H11Br2FO2. The summed E-state index contributed by atoms with van der Waals surface area (Å²) < 4.78 is 20.4. The normalized spacial score (nSPS) is 12.9. The fraction of sp³-hybridized carbons (Fsp3) is 0.188. The second-order valence-corrected chi connectivity index (χ2v) is 6.65. The first-order valence-electron chi connectivity index (χ1n) is 6.47. The van der Waals surface area contributed by atoms with Crippen LogP contribution in [0.15, 0.2) is 39.3 Å². The van der Waals surface area contributed by atoms with E-state index in [1.54, 1.807) is 12.1 Å². The largest absolute Gasteiger partial charge is 0.493 e. The van der Waals surface area contributed by atoms with E-state index in [9.17, 15) is 9.18 Å². The minimum Gasteiger partial charge on any atom is -0.493 e. The number of fused-ring (bicyclic) bond motifs is 1. The van der Waals surface area contributed by atoms with Crippen molar-refractivity contribution in [3.05, 3.63) is 61.8 Å². The van der Waals surface area contributed by atoms with Gasteiger partial charge >= 0.3 is 0 Å². The summed E-state index contributed by atoms with van der Waals surface area (Å²) in [4.78, 5) is 12.3. The van der Waals surface area contributed by atoms with Gasteiger partial charge in [0.1, 0.15) is 11.6 Å².